The number of aryl methyl sites for hydroxylation is 2. The van der Waals surface area contributed by atoms with E-state index in [0.29, 0.717) is 35.1 Å². The van der Waals surface area contributed by atoms with Crippen LogP contribution in [0.15, 0.2) is 35.1 Å². The Balaban J connectivity index is 1.65. The van der Waals surface area contributed by atoms with Gasteiger partial charge in [-0.15, -0.1) is 0 Å². The lowest BCUT2D eigenvalue weighted by atomic mass is 10.2. The molecule has 30 heavy (non-hydrogen) atoms. The number of anilines is 1. The van der Waals surface area contributed by atoms with Gasteiger partial charge in [-0.1, -0.05) is 5.16 Å². The third kappa shape index (κ3) is 5.18. The van der Waals surface area contributed by atoms with Crippen molar-refractivity contribution >= 4 is 11.6 Å². The number of hydrogen-bond donors (Lipinski definition) is 1. The Labute approximate surface area is 175 Å². The topological polar surface area (TPSA) is 94.7 Å². The second-order valence-electron chi connectivity index (χ2n) is 7.21. The molecule has 0 aliphatic heterocycles. The van der Waals surface area contributed by atoms with Crippen LogP contribution in [-0.4, -0.2) is 53.5 Å². The van der Waals surface area contributed by atoms with Crippen LogP contribution in [0.5, 0.6) is 11.5 Å². The number of amides is 1. The molecule has 0 aliphatic carbocycles. The van der Waals surface area contributed by atoms with Crippen LogP contribution in [0.3, 0.4) is 0 Å². The molecule has 3 rings (SSSR count). The SMILES string of the molecule is COc1cc(C(=O)Nc2cnn(CCN(C)C)c2)ccc1OCc1c(C)noc1C. The third-order valence-corrected chi connectivity index (χ3v) is 4.65. The minimum atomic E-state index is -0.252. The van der Waals surface area contributed by atoms with Gasteiger partial charge in [0.2, 0.25) is 0 Å². The fourth-order valence-electron chi connectivity index (χ4n) is 2.84. The van der Waals surface area contributed by atoms with Gasteiger partial charge in [-0.25, -0.2) is 0 Å². The van der Waals surface area contributed by atoms with Gasteiger partial charge in [-0.3, -0.25) is 9.48 Å². The molecule has 0 saturated heterocycles. The van der Waals surface area contributed by atoms with Crippen LogP contribution >= 0.6 is 0 Å². The number of likely N-dealkylation sites (N-methyl/N-ethyl adjacent to an activating group) is 1. The summed E-state index contributed by atoms with van der Waals surface area (Å²) in [6.07, 6.45) is 3.44. The number of methoxy groups -OCH3 is 1. The number of carbonyl (C=O) groups is 1. The maximum Gasteiger partial charge on any atom is 0.255 e. The Morgan fingerprint density at radius 1 is 1.27 bits per heavy atom. The van der Waals surface area contributed by atoms with Gasteiger partial charge >= 0.3 is 0 Å². The van der Waals surface area contributed by atoms with Gasteiger partial charge in [0.25, 0.3) is 5.91 Å². The van der Waals surface area contributed by atoms with Gasteiger partial charge in [0.15, 0.2) is 11.5 Å². The summed E-state index contributed by atoms with van der Waals surface area (Å²) in [5, 5.41) is 11.0. The van der Waals surface area contributed by atoms with Crippen LogP contribution in [0.4, 0.5) is 5.69 Å². The highest BCUT2D eigenvalue weighted by atomic mass is 16.5. The highest BCUT2D eigenvalue weighted by Gasteiger charge is 2.15. The van der Waals surface area contributed by atoms with Crippen LogP contribution in [0, 0.1) is 13.8 Å². The van der Waals surface area contributed by atoms with Crippen molar-refractivity contribution < 1.29 is 18.8 Å². The summed E-state index contributed by atoms with van der Waals surface area (Å²) in [5.41, 5.74) is 2.77. The van der Waals surface area contributed by atoms with Crippen molar-refractivity contribution in [3.8, 4) is 11.5 Å². The zero-order valence-electron chi connectivity index (χ0n) is 17.9. The molecule has 3 aromatic rings. The van der Waals surface area contributed by atoms with Crippen molar-refractivity contribution in [3.63, 3.8) is 0 Å². The summed E-state index contributed by atoms with van der Waals surface area (Å²) >= 11 is 0. The molecular weight excluding hydrogens is 386 g/mol. The summed E-state index contributed by atoms with van der Waals surface area (Å²) in [6, 6.07) is 5.05. The van der Waals surface area contributed by atoms with Crippen LogP contribution in [0.2, 0.25) is 0 Å². The van der Waals surface area contributed by atoms with Crippen LogP contribution in [0.1, 0.15) is 27.4 Å². The standard InChI is InChI=1S/C21H27N5O4/c1-14-18(15(2)30-24-14)13-29-19-7-6-16(10-20(19)28-5)21(27)23-17-11-22-26(12-17)9-8-25(3)4/h6-7,10-12H,8-9,13H2,1-5H3,(H,23,27). The van der Waals surface area contributed by atoms with Crippen LogP contribution in [-0.2, 0) is 13.2 Å². The monoisotopic (exact) mass is 413 g/mol. The smallest absolute Gasteiger partial charge is 0.255 e. The predicted octanol–water partition coefficient (Wildman–Crippen LogP) is 2.89. The summed E-state index contributed by atoms with van der Waals surface area (Å²) in [7, 11) is 5.54. The van der Waals surface area contributed by atoms with Crippen molar-refractivity contribution in [2.24, 2.45) is 0 Å². The molecule has 0 spiro atoms. The second-order valence-corrected chi connectivity index (χ2v) is 7.21. The van der Waals surface area contributed by atoms with Crippen molar-refractivity contribution in [2.45, 2.75) is 27.0 Å². The summed E-state index contributed by atoms with van der Waals surface area (Å²) < 4.78 is 18.2. The van der Waals surface area contributed by atoms with E-state index in [0.717, 1.165) is 24.3 Å². The van der Waals surface area contributed by atoms with E-state index < -0.39 is 0 Å². The molecule has 0 saturated carbocycles. The van der Waals surface area contributed by atoms with Crippen molar-refractivity contribution in [2.75, 3.05) is 33.1 Å². The average Bonchev–Trinajstić information content (AvgIpc) is 3.30. The Morgan fingerprint density at radius 2 is 2.07 bits per heavy atom. The first-order valence-corrected chi connectivity index (χ1v) is 9.58. The molecule has 1 N–H and O–H groups in total. The normalized spacial score (nSPS) is 11.0. The Hall–Kier alpha value is -3.33. The van der Waals surface area contributed by atoms with E-state index in [1.807, 2.05) is 27.9 Å². The van der Waals surface area contributed by atoms with Crippen molar-refractivity contribution in [3.05, 3.63) is 53.2 Å². The van der Waals surface area contributed by atoms with E-state index in [1.54, 1.807) is 35.3 Å². The molecule has 0 unspecified atom stereocenters. The number of rotatable bonds is 9. The van der Waals surface area contributed by atoms with Gasteiger partial charge < -0.3 is 24.2 Å². The zero-order chi connectivity index (χ0) is 21.7. The molecule has 2 heterocycles. The number of hydrogen-bond acceptors (Lipinski definition) is 7. The molecule has 160 valence electrons. The first kappa shape index (κ1) is 21.4. The maximum atomic E-state index is 12.6. The molecule has 0 aliphatic rings. The number of ether oxygens (including phenoxy) is 2. The van der Waals surface area contributed by atoms with Crippen molar-refractivity contribution in [1.29, 1.82) is 0 Å². The lowest BCUT2D eigenvalue weighted by Gasteiger charge is -2.12. The molecule has 0 bridgehead atoms. The number of carbonyl (C=O) groups excluding carboxylic acids is 1. The molecule has 9 nitrogen and oxygen atoms in total. The highest BCUT2D eigenvalue weighted by Crippen LogP contribution is 2.30. The fourth-order valence-corrected chi connectivity index (χ4v) is 2.84. The summed E-state index contributed by atoms with van der Waals surface area (Å²) in [6.45, 7) is 5.61. The molecule has 2 aromatic heterocycles. The molecule has 0 radical (unpaired) electrons. The Kier molecular flexibility index (Phi) is 6.73. The molecule has 1 amide bonds. The molecule has 9 heteroatoms. The minimum Gasteiger partial charge on any atom is -0.493 e. The second kappa shape index (κ2) is 9.45. The van der Waals surface area contributed by atoms with E-state index in [4.69, 9.17) is 14.0 Å². The van der Waals surface area contributed by atoms with Crippen LogP contribution in [0.25, 0.3) is 0 Å². The Bertz CT molecular complexity index is 989. The van der Waals surface area contributed by atoms with Crippen LogP contribution < -0.4 is 14.8 Å². The summed E-state index contributed by atoms with van der Waals surface area (Å²) in [5.74, 6) is 1.47. The van der Waals surface area contributed by atoms with Gasteiger partial charge in [0.05, 0.1) is 36.8 Å². The van der Waals surface area contributed by atoms with Crippen molar-refractivity contribution in [1.82, 2.24) is 19.8 Å². The van der Waals surface area contributed by atoms with Gasteiger partial charge in [0, 0.05) is 18.3 Å². The molecular formula is C21H27N5O4. The first-order valence-electron chi connectivity index (χ1n) is 9.58. The maximum absolute atomic E-state index is 12.6. The van der Waals surface area contributed by atoms with E-state index >= 15 is 0 Å². The lowest BCUT2D eigenvalue weighted by molar-refractivity contribution is 0.102. The quantitative estimate of drug-likeness (QED) is 0.576. The highest BCUT2D eigenvalue weighted by molar-refractivity contribution is 6.04. The molecule has 1 aromatic carbocycles. The molecule has 0 fully saturated rings. The number of aromatic nitrogens is 3. The summed E-state index contributed by atoms with van der Waals surface area (Å²) in [4.78, 5) is 14.7. The third-order valence-electron chi connectivity index (χ3n) is 4.65. The van der Waals surface area contributed by atoms with E-state index in [2.05, 4.69) is 20.5 Å². The Morgan fingerprint density at radius 3 is 2.73 bits per heavy atom. The number of nitrogens with one attached hydrogen (secondary N) is 1. The van der Waals surface area contributed by atoms with Gasteiger partial charge in [-0.2, -0.15) is 5.10 Å². The number of nitrogens with zero attached hydrogens (tertiary/aromatic N) is 4. The van der Waals surface area contributed by atoms with Gasteiger partial charge in [-0.05, 0) is 46.1 Å². The first-order chi connectivity index (χ1) is 14.4. The predicted molar refractivity (Wildman–Crippen MR) is 112 cm³/mol. The number of benzene rings is 1. The van der Waals surface area contributed by atoms with E-state index in [-0.39, 0.29) is 5.91 Å². The fraction of sp³-hybridized carbons (Fsp3) is 0.381. The zero-order valence-corrected chi connectivity index (χ0v) is 17.9. The minimum absolute atomic E-state index is 0.252. The molecule has 0 atom stereocenters. The van der Waals surface area contributed by atoms with E-state index in [9.17, 15) is 4.79 Å². The lowest BCUT2D eigenvalue weighted by Crippen LogP contribution is -2.18. The van der Waals surface area contributed by atoms with Gasteiger partial charge in [0.1, 0.15) is 12.4 Å². The van der Waals surface area contributed by atoms with E-state index in [1.165, 1.54) is 7.11 Å². The average molecular weight is 413 g/mol. The largest absolute Gasteiger partial charge is 0.493 e.